The first-order chi connectivity index (χ1) is 11.5. The van der Waals surface area contributed by atoms with E-state index in [2.05, 4.69) is 4.98 Å². The summed E-state index contributed by atoms with van der Waals surface area (Å²) in [6.07, 6.45) is 2.15. The molecule has 0 spiro atoms. The number of amides is 1. The number of rotatable bonds is 4. The van der Waals surface area contributed by atoms with Gasteiger partial charge in [-0.1, -0.05) is 23.9 Å². The molecule has 5 nitrogen and oxygen atoms in total. The predicted octanol–water partition coefficient (Wildman–Crippen LogP) is 3.08. The number of hydrogen-bond acceptors (Lipinski definition) is 4. The van der Waals surface area contributed by atoms with E-state index in [0.717, 1.165) is 25.9 Å². The summed E-state index contributed by atoms with van der Waals surface area (Å²) < 4.78 is 1.70. The van der Waals surface area contributed by atoms with Crippen LogP contribution in [0.5, 0.6) is 0 Å². The fraction of sp³-hybridized carbons (Fsp3) is 0.500. The highest BCUT2D eigenvalue weighted by atomic mass is 32.2. The van der Waals surface area contributed by atoms with Crippen molar-refractivity contribution in [1.82, 2.24) is 14.5 Å². The zero-order valence-electron chi connectivity index (χ0n) is 14.4. The van der Waals surface area contributed by atoms with Crippen LogP contribution in [0.2, 0.25) is 0 Å². The molecule has 3 rings (SSSR count). The van der Waals surface area contributed by atoms with Gasteiger partial charge in [-0.25, -0.2) is 4.98 Å². The molecule has 0 aliphatic carbocycles. The molecule has 1 saturated heterocycles. The van der Waals surface area contributed by atoms with Crippen LogP contribution in [0.1, 0.15) is 39.7 Å². The summed E-state index contributed by atoms with van der Waals surface area (Å²) in [6.45, 7) is 7.51. The largest absolute Gasteiger partial charge is 0.342 e. The second kappa shape index (κ2) is 6.97. The number of carbonyl (C=O) groups excluding carboxylic acids is 1. The molecule has 24 heavy (non-hydrogen) atoms. The molecule has 1 aromatic heterocycles. The van der Waals surface area contributed by atoms with E-state index in [1.54, 1.807) is 10.6 Å². The zero-order valence-corrected chi connectivity index (χ0v) is 15.2. The first kappa shape index (κ1) is 17.0. The normalized spacial score (nSPS) is 16.1. The van der Waals surface area contributed by atoms with E-state index in [0.29, 0.717) is 16.1 Å². The maximum atomic E-state index is 12.8. The molecule has 1 aromatic carbocycles. The van der Waals surface area contributed by atoms with Crippen molar-refractivity contribution in [3.8, 4) is 0 Å². The highest BCUT2D eigenvalue weighted by Gasteiger charge is 2.26. The summed E-state index contributed by atoms with van der Waals surface area (Å²) in [5.74, 6) is 0.134. The Morgan fingerprint density at radius 3 is 2.50 bits per heavy atom. The Labute approximate surface area is 146 Å². The first-order valence-corrected chi connectivity index (χ1v) is 9.33. The molecule has 1 amide bonds. The second-order valence-corrected chi connectivity index (χ2v) is 7.78. The smallest absolute Gasteiger partial charge is 0.262 e. The fourth-order valence-electron chi connectivity index (χ4n) is 3.07. The number of para-hydroxylation sites is 1. The van der Waals surface area contributed by atoms with Crippen LogP contribution in [0, 0.1) is 0 Å². The molecule has 0 unspecified atom stereocenters. The molecule has 1 fully saturated rings. The van der Waals surface area contributed by atoms with Gasteiger partial charge >= 0.3 is 0 Å². The van der Waals surface area contributed by atoms with Crippen LogP contribution >= 0.6 is 11.8 Å². The topological polar surface area (TPSA) is 55.2 Å². The number of carbonyl (C=O) groups is 1. The highest BCUT2D eigenvalue weighted by molar-refractivity contribution is 8.00. The van der Waals surface area contributed by atoms with Crippen molar-refractivity contribution in [2.24, 2.45) is 0 Å². The number of likely N-dealkylation sites (tertiary alicyclic amines) is 1. The lowest BCUT2D eigenvalue weighted by Crippen LogP contribution is -2.35. The zero-order chi connectivity index (χ0) is 17.3. The van der Waals surface area contributed by atoms with Crippen LogP contribution in [-0.4, -0.2) is 38.7 Å². The molecule has 1 atom stereocenters. The van der Waals surface area contributed by atoms with Gasteiger partial charge in [0.1, 0.15) is 0 Å². The molecule has 2 heterocycles. The van der Waals surface area contributed by atoms with Crippen molar-refractivity contribution in [2.45, 2.75) is 50.1 Å². The van der Waals surface area contributed by atoms with Gasteiger partial charge in [0.25, 0.3) is 5.56 Å². The third kappa shape index (κ3) is 3.20. The molecule has 128 valence electrons. The highest BCUT2D eigenvalue weighted by Crippen LogP contribution is 2.26. The molecule has 2 aromatic rings. The number of fused-ring (bicyclic) bond motifs is 1. The van der Waals surface area contributed by atoms with Crippen LogP contribution in [0.3, 0.4) is 0 Å². The van der Waals surface area contributed by atoms with Gasteiger partial charge in [0.15, 0.2) is 5.16 Å². The Balaban J connectivity index is 1.97. The van der Waals surface area contributed by atoms with Crippen molar-refractivity contribution in [3.63, 3.8) is 0 Å². The third-order valence-corrected chi connectivity index (χ3v) is 5.39. The van der Waals surface area contributed by atoms with Crippen molar-refractivity contribution in [2.75, 3.05) is 13.1 Å². The minimum absolute atomic E-state index is 0.00815. The van der Waals surface area contributed by atoms with E-state index in [1.807, 2.05) is 43.9 Å². The SMILES string of the molecule is CC(C)n1c(S[C@@H](C)C(=O)N2CCCC2)nc2ccccc2c1=O. The lowest BCUT2D eigenvalue weighted by Gasteiger charge is -2.22. The number of thioether (sulfide) groups is 1. The molecule has 0 N–H and O–H groups in total. The Morgan fingerprint density at radius 1 is 1.17 bits per heavy atom. The average molecular weight is 345 g/mol. The lowest BCUT2D eigenvalue weighted by molar-refractivity contribution is -0.129. The fourth-order valence-corrected chi connectivity index (χ4v) is 4.19. The molecule has 6 heteroatoms. The molecule has 0 bridgehead atoms. The first-order valence-electron chi connectivity index (χ1n) is 8.45. The van der Waals surface area contributed by atoms with Crippen molar-refractivity contribution in [1.29, 1.82) is 0 Å². The molecule has 1 aliphatic heterocycles. The Hall–Kier alpha value is -1.82. The quantitative estimate of drug-likeness (QED) is 0.631. The van der Waals surface area contributed by atoms with E-state index in [9.17, 15) is 9.59 Å². The predicted molar refractivity (Wildman–Crippen MR) is 97.5 cm³/mol. The summed E-state index contributed by atoms with van der Waals surface area (Å²) in [6, 6.07) is 7.37. The van der Waals surface area contributed by atoms with E-state index in [-0.39, 0.29) is 22.8 Å². The number of hydrogen-bond donors (Lipinski definition) is 0. The second-order valence-electron chi connectivity index (χ2n) is 6.47. The van der Waals surface area contributed by atoms with Gasteiger partial charge in [0.2, 0.25) is 5.91 Å². The van der Waals surface area contributed by atoms with Gasteiger partial charge in [0.05, 0.1) is 16.2 Å². The summed E-state index contributed by atoms with van der Waals surface area (Å²) in [5, 5.41) is 0.990. The summed E-state index contributed by atoms with van der Waals surface area (Å²) in [4.78, 5) is 32.0. The van der Waals surface area contributed by atoms with E-state index in [1.165, 1.54) is 11.8 Å². The summed E-state index contributed by atoms with van der Waals surface area (Å²) in [7, 11) is 0. The minimum Gasteiger partial charge on any atom is -0.342 e. The maximum absolute atomic E-state index is 12.8. The van der Waals surface area contributed by atoms with Gasteiger partial charge in [-0.3, -0.25) is 14.2 Å². The van der Waals surface area contributed by atoms with Gasteiger partial charge in [-0.15, -0.1) is 0 Å². The summed E-state index contributed by atoms with van der Waals surface area (Å²) >= 11 is 1.38. The van der Waals surface area contributed by atoms with Crippen LogP contribution in [-0.2, 0) is 4.79 Å². The Bertz CT molecular complexity index is 810. The van der Waals surface area contributed by atoms with E-state index < -0.39 is 0 Å². The number of nitrogens with zero attached hydrogens (tertiary/aromatic N) is 3. The van der Waals surface area contributed by atoms with Crippen LogP contribution < -0.4 is 5.56 Å². The Morgan fingerprint density at radius 2 is 1.83 bits per heavy atom. The molecular weight excluding hydrogens is 322 g/mol. The minimum atomic E-state index is -0.249. The summed E-state index contributed by atoms with van der Waals surface area (Å²) in [5.41, 5.74) is 0.640. The van der Waals surface area contributed by atoms with Crippen LogP contribution in [0.25, 0.3) is 10.9 Å². The van der Waals surface area contributed by atoms with E-state index >= 15 is 0 Å². The average Bonchev–Trinajstić information content (AvgIpc) is 3.08. The Kier molecular flexibility index (Phi) is 4.94. The van der Waals surface area contributed by atoms with E-state index in [4.69, 9.17) is 0 Å². The maximum Gasteiger partial charge on any atom is 0.262 e. The van der Waals surface area contributed by atoms with Crippen molar-refractivity contribution in [3.05, 3.63) is 34.6 Å². The molecular formula is C18H23N3O2S. The molecule has 0 saturated carbocycles. The standard InChI is InChI=1S/C18H23N3O2S/c1-12(2)21-17(23)14-8-4-5-9-15(14)19-18(21)24-13(3)16(22)20-10-6-7-11-20/h4-5,8-9,12-13H,6-7,10-11H2,1-3H3/t13-/m0/s1. The lowest BCUT2D eigenvalue weighted by atomic mass is 10.2. The molecule has 1 aliphatic rings. The molecule has 0 radical (unpaired) electrons. The van der Waals surface area contributed by atoms with Crippen LogP contribution in [0.15, 0.2) is 34.2 Å². The number of benzene rings is 1. The van der Waals surface area contributed by atoms with Gasteiger partial charge in [-0.05, 0) is 45.7 Å². The van der Waals surface area contributed by atoms with Crippen molar-refractivity contribution >= 4 is 28.6 Å². The van der Waals surface area contributed by atoms with Gasteiger partial charge in [-0.2, -0.15) is 0 Å². The van der Waals surface area contributed by atoms with Crippen molar-refractivity contribution < 1.29 is 4.79 Å². The monoisotopic (exact) mass is 345 g/mol. The van der Waals surface area contributed by atoms with Crippen LogP contribution in [0.4, 0.5) is 0 Å². The van der Waals surface area contributed by atoms with Gasteiger partial charge in [0, 0.05) is 19.1 Å². The van der Waals surface area contributed by atoms with Gasteiger partial charge < -0.3 is 4.90 Å². The third-order valence-electron chi connectivity index (χ3n) is 4.34. The number of aromatic nitrogens is 2.